The van der Waals surface area contributed by atoms with Gasteiger partial charge in [0.25, 0.3) is 0 Å². The predicted molar refractivity (Wildman–Crippen MR) is 5.75 cm³/mol. The van der Waals surface area contributed by atoms with Gasteiger partial charge in [0, 0.05) is 0 Å². The Kier molecular flexibility index (Phi) is 173. The molecule has 0 N–H and O–H groups in total. The van der Waals surface area contributed by atoms with Gasteiger partial charge in [-0.15, -0.1) is 0 Å². The Labute approximate surface area is 133 Å². The molecule has 5 heavy (non-hydrogen) atoms. The minimum absolute atomic E-state index is 0. The third-order valence-electron chi connectivity index (χ3n) is 0. The van der Waals surface area contributed by atoms with E-state index in [4.69, 9.17) is 0 Å². The summed E-state index contributed by atoms with van der Waals surface area (Å²) in [5, 5.41) is 0. The molecule has 0 radical (unpaired) electrons. The second-order valence-electron chi connectivity index (χ2n) is 0. The van der Waals surface area contributed by atoms with Crippen LogP contribution in [0.15, 0.2) is 0 Å². The summed E-state index contributed by atoms with van der Waals surface area (Å²) in [4.78, 5) is 0. The van der Waals surface area contributed by atoms with Gasteiger partial charge in [-0.2, -0.15) is 0 Å². The summed E-state index contributed by atoms with van der Waals surface area (Å²) in [6.07, 6.45) is 0. The summed E-state index contributed by atoms with van der Waals surface area (Å²) in [6.45, 7) is 0. The fourth-order valence-corrected chi connectivity index (χ4v) is 0. The molecule has 24 valence electrons. The van der Waals surface area contributed by atoms with Crippen LogP contribution >= 0.6 is 0 Å². The van der Waals surface area contributed by atoms with Crippen molar-refractivity contribution in [2.75, 3.05) is 0 Å². The van der Waals surface area contributed by atoms with E-state index in [0.29, 0.717) is 0 Å². The van der Waals surface area contributed by atoms with Gasteiger partial charge in [-0.05, 0) is 0 Å². The minimum atomic E-state index is 0. The molecule has 0 amide bonds. The summed E-state index contributed by atoms with van der Waals surface area (Å²) in [6, 6.07) is 0. The van der Waals surface area contributed by atoms with Crippen molar-refractivity contribution in [3.8, 4) is 0 Å². The molecule has 0 rings (SSSR count). The molecule has 0 aliphatic heterocycles. The van der Waals surface area contributed by atoms with Crippen LogP contribution in [-0.2, 0) is 0 Å². The molecular formula is BaCl3K. The monoisotopic (exact) mass is 282 g/mol. The minimum Gasteiger partial charge on any atom is -1.00 e. The van der Waals surface area contributed by atoms with Crippen molar-refractivity contribution < 1.29 is 88.6 Å². The summed E-state index contributed by atoms with van der Waals surface area (Å²) >= 11 is 0. The van der Waals surface area contributed by atoms with Gasteiger partial charge < -0.3 is 37.2 Å². The van der Waals surface area contributed by atoms with Gasteiger partial charge in [-0.1, -0.05) is 0 Å². The summed E-state index contributed by atoms with van der Waals surface area (Å²) in [5.74, 6) is 0. The van der Waals surface area contributed by atoms with Crippen LogP contribution < -0.4 is 88.6 Å². The SMILES string of the molecule is [Ba+2].[Cl-].[Cl-].[Cl-].[K+]. The molecular weight excluding hydrogens is 283 g/mol. The topological polar surface area (TPSA) is 0 Å². The van der Waals surface area contributed by atoms with Gasteiger partial charge in [-0.25, -0.2) is 0 Å². The average molecular weight is 283 g/mol. The van der Waals surface area contributed by atoms with Crippen LogP contribution in [0.4, 0.5) is 0 Å². The third-order valence-corrected chi connectivity index (χ3v) is 0. The zero-order valence-electron chi connectivity index (χ0n) is 2.84. The van der Waals surface area contributed by atoms with Crippen molar-refractivity contribution in [3.05, 3.63) is 0 Å². The molecule has 0 nitrogen and oxygen atoms in total. The first-order chi connectivity index (χ1) is 0. The molecule has 0 saturated carbocycles. The fourth-order valence-electron chi connectivity index (χ4n) is 0. The molecule has 0 aromatic heterocycles. The molecule has 0 heterocycles. The Morgan fingerprint density at radius 3 is 0.600 bits per heavy atom. The van der Waals surface area contributed by atoms with Crippen LogP contribution in [0.3, 0.4) is 0 Å². The van der Waals surface area contributed by atoms with Crippen LogP contribution in [0.5, 0.6) is 0 Å². The fraction of sp³-hybridized carbons (Fsp3) is 0. The summed E-state index contributed by atoms with van der Waals surface area (Å²) in [7, 11) is 0. The Morgan fingerprint density at radius 1 is 0.600 bits per heavy atom. The predicted octanol–water partition coefficient (Wildman–Crippen LogP) is -12.4. The Morgan fingerprint density at radius 2 is 0.600 bits per heavy atom. The van der Waals surface area contributed by atoms with Gasteiger partial charge in [0.15, 0.2) is 0 Å². The number of hydrogen-bond donors (Lipinski definition) is 0. The molecule has 5 heteroatoms. The average Bonchev–Trinajstić information content (AvgIpc) is 0. The van der Waals surface area contributed by atoms with Crippen molar-refractivity contribution in [2.24, 2.45) is 0 Å². The van der Waals surface area contributed by atoms with E-state index >= 15 is 0 Å². The largest absolute Gasteiger partial charge is 2.00 e. The molecule has 0 spiro atoms. The van der Waals surface area contributed by atoms with Gasteiger partial charge >= 0.3 is 100 Å². The Hall–Kier alpha value is 4.08. The Balaban J connectivity index is 0. The second kappa shape index (κ2) is 24.3. The first kappa shape index (κ1) is 35.6. The maximum Gasteiger partial charge on any atom is 2.00 e. The molecule has 0 aliphatic rings. The zero-order chi connectivity index (χ0) is 0. The third kappa shape index (κ3) is 17.9. The molecule has 0 aromatic rings. The van der Waals surface area contributed by atoms with Crippen molar-refractivity contribution in [3.63, 3.8) is 0 Å². The first-order valence-corrected chi connectivity index (χ1v) is 0. The van der Waals surface area contributed by atoms with E-state index in [0.717, 1.165) is 0 Å². The first-order valence-electron chi connectivity index (χ1n) is 0. The van der Waals surface area contributed by atoms with E-state index in [1.165, 1.54) is 0 Å². The van der Waals surface area contributed by atoms with Crippen molar-refractivity contribution in [2.45, 2.75) is 0 Å². The second-order valence-corrected chi connectivity index (χ2v) is 0. The van der Waals surface area contributed by atoms with E-state index in [-0.39, 0.29) is 137 Å². The molecule has 0 aliphatic carbocycles. The molecule has 0 saturated heterocycles. The van der Waals surface area contributed by atoms with E-state index < -0.39 is 0 Å². The van der Waals surface area contributed by atoms with E-state index in [9.17, 15) is 0 Å². The van der Waals surface area contributed by atoms with E-state index in [1.807, 2.05) is 0 Å². The van der Waals surface area contributed by atoms with Crippen LogP contribution in [0.1, 0.15) is 0 Å². The van der Waals surface area contributed by atoms with Crippen LogP contribution in [0.25, 0.3) is 0 Å². The summed E-state index contributed by atoms with van der Waals surface area (Å²) in [5.41, 5.74) is 0. The normalized spacial score (nSPS) is 0. The van der Waals surface area contributed by atoms with Crippen LogP contribution in [-0.4, -0.2) is 48.9 Å². The molecule has 0 atom stereocenters. The molecule has 0 unspecified atom stereocenters. The number of hydrogen-bond acceptors (Lipinski definition) is 0. The molecule has 0 bridgehead atoms. The number of rotatable bonds is 0. The van der Waals surface area contributed by atoms with E-state index in [1.54, 1.807) is 0 Å². The van der Waals surface area contributed by atoms with Gasteiger partial charge in [0.2, 0.25) is 0 Å². The van der Waals surface area contributed by atoms with Crippen molar-refractivity contribution in [1.82, 2.24) is 0 Å². The zero-order valence-corrected chi connectivity index (χ0v) is 12.7. The maximum absolute atomic E-state index is 0. The number of halogens is 3. The van der Waals surface area contributed by atoms with Crippen LogP contribution in [0, 0.1) is 0 Å². The van der Waals surface area contributed by atoms with Crippen molar-refractivity contribution >= 4 is 48.9 Å². The maximum atomic E-state index is 0. The summed E-state index contributed by atoms with van der Waals surface area (Å²) < 4.78 is 0. The molecule has 0 aromatic carbocycles. The van der Waals surface area contributed by atoms with Crippen molar-refractivity contribution in [1.29, 1.82) is 0 Å². The quantitative estimate of drug-likeness (QED) is 0.387. The molecule has 0 fully saturated rings. The Bertz CT molecular complexity index is 6.85. The van der Waals surface area contributed by atoms with Gasteiger partial charge in [-0.3, -0.25) is 0 Å². The smallest absolute Gasteiger partial charge is 1.00 e. The van der Waals surface area contributed by atoms with Gasteiger partial charge in [0.1, 0.15) is 0 Å². The van der Waals surface area contributed by atoms with Gasteiger partial charge in [0.05, 0.1) is 0 Å². The standard InChI is InChI=1S/Ba.3ClH.K/h;3*1H;/q+2;;;;+1/p-3. The van der Waals surface area contributed by atoms with Crippen LogP contribution in [0.2, 0.25) is 0 Å². The van der Waals surface area contributed by atoms with E-state index in [2.05, 4.69) is 0 Å².